The second kappa shape index (κ2) is 6.37. The minimum atomic E-state index is -0.263. The van der Waals surface area contributed by atoms with Gasteiger partial charge in [-0.3, -0.25) is 0 Å². The van der Waals surface area contributed by atoms with Crippen LogP contribution in [-0.2, 0) is 6.42 Å². The minimum Gasteiger partial charge on any atom is -0.456 e. The molecule has 106 valence electrons. The fourth-order valence-corrected chi connectivity index (χ4v) is 2.48. The summed E-state index contributed by atoms with van der Waals surface area (Å²) >= 11 is 3.49. The van der Waals surface area contributed by atoms with Gasteiger partial charge in [0.1, 0.15) is 17.3 Å². The molecule has 0 aliphatic carbocycles. The molecule has 0 amide bonds. The van der Waals surface area contributed by atoms with Crippen LogP contribution < -0.4 is 10.5 Å². The van der Waals surface area contributed by atoms with Gasteiger partial charge in [-0.25, -0.2) is 4.39 Å². The van der Waals surface area contributed by atoms with Crippen LogP contribution in [0.15, 0.2) is 40.9 Å². The van der Waals surface area contributed by atoms with Gasteiger partial charge in [-0.1, -0.05) is 6.07 Å². The van der Waals surface area contributed by atoms with E-state index in [1.807, 2.05) is 32.0 Å². The van der Waals surface area contributed by atoms with Crippen LogP contribution in [-0.4, -0.2) is 6.04 Å². The third-order valence-electron chi connectivity index (χ3n) is 2.91. The molecule has 1 atom stereocenters. The Balaban J connectivity index is 2.21. The molecule has 1 unspecified atom stereocenters. The SMILES string of the molecule is Cc1cc(F)ccc1Oc1ccc(CC(C)N)cc1Br. The maximum absolute atomic E-state index is 13.1. The van der Waals surface area contributed by atoms with Gasteiger partial charge in [-0.2, -0.15) is 0 Å². The summed E-state index contributed by atoms with van der Waals surface area (Å²) in [7, 11) is 0. The normalized spacial score (nSPS) is 12.2. The maximum atomic E-state index is 13.1. The molecule has 0 spiro atoms. The van der Waals surface area contributed by atoms with Gasteiger partial charge >= 0.3 is 0 Å². The van der Waals surface area contributed by atoms with Gasteiger partial charge in [-0.15, -0.1) is 0 Å². The summed E-state index contributed by atoms with van der Waals surface area (Å²) in [6, 6.07) is 10.5. The van der Waals surface area contributed by atoms with E-state index in [4.69, 9.17) is 10.5 Å². The topological polar surface area (TPSA) is 35.2 Å². The smallest absolute Gasteiger partial charge is 0.141 e. The quantitative estimate of drug-likeness (QED) is 0.886. The molecule has 2 nitrogen and oxygen atoms in total. The lowest BCUT2D eigenvalue weighted by Crippen LogP contribution is -2.17. The lowest BCUT2D eigenvalue weighted by Gasteiger charge is -2.12. The summed E-state index contributed by atoms with van der Waals surface area (Å²) in [5.41, 5.74) is 7.70. The minimum absolute atomic E-state index is 0.119. The van der Waals surface area contributed by atoms with Crippen LogP contribution in [0.1, 0.15) is 18.1 Å². The van der Waals surface area contributed by atoms with E-state index in [9.17, 15) is 4.39 Å². The van der Waals surface area contributed by atoms with Gasteiger partial charge in [-0.05, 0) is 77.7 Å². The van der Waals surface area contributed by atoms with Gasteiger partial charge in [0.15, 0.2) is 0 Å². The van der Waals surface area contributed by atoms with E-state index < -0.39 is 0 Å². The third-order valence-corrected chi connectivity index (χ3v) is 3.53. The van der Waals surface area contributed by atoms with Gasteiger partial charge < -0.3 is 10.5 Å². The van der Waals surface area contributed by atoms with E-state index in [1.54, 1.807) is 6.07 Å². The molecule has 0 aliphatic rings. The zero-order valence-electron chi connectivity index (χ0n) is 11.5. The first-order valence-corrected chi connectivity index (χ1v) is 7.23. The highest BCUT2D eigenvalue weighted by atomic mass is 79.9. The molecule has 2 aromatic carbocycles. The van der Waals surface area contributed by atoms with Gasteiger partial charge in [0.05, 0.1) is 4.47 Å². The number of benzene rings is 2. The highest BCUT2D eigenvalue weighted by molar-refractivity contribution is 9.10. The van der Waals surface area contributed by atoms with E-state index in [1.165, 1.54) is 12.1 Å². The van der Waals surface area contributed by atoms with E-state index in [2.05, 4.69) is 15.9 Å². The number of ether oxygens (including phenoxy) is 1. The number of hydrogen-bond donors (Lipinski definition) is 1. The molecule has 0 aromatic heterocycles. The fraction of sp³-hybridized carbons (Fsp3) is 0.250. The van der Waals surface area contributed by atoms with Crippen LogP contribution in [0.25, 0.3) is 0 Å². The van der Waals surface area contributed by atoms with E-state index >= 15 is 0 Å². The number of rotatable bonds is 4. The predicted molar refractivity (Wildman–Crippen MR) is 82.7 cm³/mol. The molecule has 4 heteroatoms. The van der Waals surface area contributed by atoms with Crippen molar-refractivity contribution in [2.45, 2.75) is 26.3 Å². The molecular formula is C16H17BrFNO. The van der Waals surface area contributed by atoms with Gasteiger partial charge in [0, 0.05) is 6.04 Å². The molecule has 2 rings (SSSR count). The summed E-state index contributed by atoms with van der Waals surface area (Å²) in [6.07, 6.45) is 0.814. The number of aryl methyl sites for hydroxylation is 1. The molecule has 0 saturated heterocycles. The van der Waals surface area contributed by atoms with Gasteiger partial charge in [0.25, 0.3) is 0 Å². The van der Waals surface area contributed by atoms with E-state index in [-0.39, 0.29) is 11.9 Å². The van der Waals surface area contributed by atoms with Crippen LogP contribution in [0, 0.1) is 12.7 Å². The monoisotopic (exact) mass is 337 g/mol. The lowest BCUT2D eigenvalue weighted by atomic mass is 10.1. The van der Waals surface area contributed by atoms with Crippen LogP contribution in [0.4, 0.5) is 4.39 Å². The zero-order chi connectivity index (χ0) is 14.7. The van der Waals surface area contributed by atoms with Crippen molar-refractivity contribution in [3.63, 3.8) is 0 Å². The zero-order valence-corrected chi connectivity index (χ0v) is 13.1. The van der Waals surface area contributed by atoms with Crippen LogP contribution in [0.5, 0.6) is 11.5 Å². The first kappa shape index (κ1) is 15.0. The summed E-state index contributed by atoms with van der Waals surface area (Å²) in [5.74, 6) is 1.08. The Morgan fingerprint density at radius 3 is 2.50 bits per heavy atom. The first-order valence-electron chi connectivity index (χ1n) is 6.43. The Hall–Kier alpha value is -1.39. The second-order valence-corrected chi connectivity index (χ2v) is 5.81. The Morgan fingerprint density at radius 1 is 1.20 bits per heavy atom. The van der Waals surface area contributed by atoms with E-state index in [0.717, 1.165) is 22.0 Å². The van der Waals surface area contributed by atoms with Crippen molar-refractivity contribution in [2.75, 3.05) is 0 Å². The number of hydrogen-bond acceptors (Lipinski definition) is 2. The highest BCUT2D eigenvalue weighted by Crippen LogP contribution is 2.32. The first-order chi connectivity index (χ1) is 9.45. The van der Waals surface area contributed by atoms with Crippen molar-refractivity contribution in [3.05, 3.63) is 57.8 Å². The average molecular weight is 338 g/mol. The predicted octanol–water partition coefficient (Wildman–Crippen LogP) is 4.58. The van der Waals surface area contributed by atoms with Gasteiger partial charge in [0.2, 0.25) is 0 Å². The van der Waals surface area contributed by atoms with Crippen molar-refractivity contribution in [1.29, 1.82) is 0 Å². The summed E-state index contributed by atoms with van der Waals surface area (Å²) in [6.45, 7) is 3.79. The highest BCUT2D eigenvalue weighted by Gasteiger charge is 2.08. The van der Waals surface area contributed by atoms with Crippen LogP contribution in [0.2, 0.25) is 0 Å². The third kappa shape index (κ3) is 3.81. The molecule has 0 aliphatic heterocycles. The Morgan fingerprint density at radius 2 is 1.90 bits per heavy atom. The molecule has 0 fully saturated rings. The molecule has 20 heavy (non-hydrogen) atoms. The van der Waals surface area contributed by atoms with Crippen LogP contribution >= 0.6 is 15.9 Å². The molecule has 2 aromatic rings. The number of nitrogens with two attached hydrogens (primary N) is 1. The largest absolute Gasteiger partial charge is 0.456 e. The fourth-order valence-electron chi connectivity index (χ4n) is 1.97. The lowest BCUT2D eigenvalue weighted by molar-refractivity contribution is 0.473. The van der Waals surface area contributed by atoms with Crippen molar-refractivity contribution < 1.29 is 9.13 Å². The van der Waals surface area contributed by atoms with Crippen LogP contribution in [0.3, 0.4) is 0 Å². The summed E-state index contributed by atoms with van der Waals surface area (Å²) in [5, 5.41) is 0. The Bertz CT molecular complexity index is 613. The average Bonchev–Trinajstić information content (AvgIpc) is 2.34. The molecule has 0 radical (unpaired) electrons. The number of halogens is 2. The maximum Gasteiger partial charge on any atom is 0.141 e. The molecule has 0 heterocycles. The molecule has 0 saturated carbocycles. The van der Waals surface area contributed by atoms with Crippen molar-refractivity contribution in [1.82, 2.24) is 0 Å². The Labute approximate surface area is 126 Å². The van der Waals surface area contributed by atoms with Crippen molar-refractivity contribution >= 4 is 15.9 Å². The standard InChI is InChI=1S/C16H17BrFNO/c1-10-7-13(18)4-6-15(10)20-16-5-3-12(8-11(2)19)9-14(16)17/h3-7,9,11H,8,19H2,1-2H3. The van der Waals surface area contributed by atoms with Crippen molar-refractivity contribution in [3.8, 4) is 11.5 Å². The van der Waals surface area contributed by atoms with Crippen molar-refractivity contribution in [2.24, 2.45) is 5.73 Å². The molecule has 2 N–H and O–H groups in total. The summed E-state index contributed by atoms with van der Waals surface area (Å²) in [4.78, 5) is 0. The second-order valence-electron chi connectivity index (χ2n) is 4.96. The van der Waals surface area contributed by atoms with E-state index in [0.29, 0.717) is 11.5 Å². The Kier molecular flexibility index (Phi) is 4.78. The molecule has 0 bridgehead atoms. The summed E-state index contributed by atoms with van der Waals surface area (Å²) < 4.78 is 19.7. The molecular weight excluding hydrogens is 321 g/mol.